The summed E-state index contributed by atoms with van der Waals surface area (Å²) in [4.78, 5) is 5.28. The zero-order chi connectivity index (χ0) is 20.9. The number of aromatic nitrogens is 3. The van der Waals surface area contributed by atoms with Gasteiger partial charge in [-0.2, -0.15) is 9.61 Å². The zero-order valence-corrected chi connectivity index (χ0v) is 18.0. The number of primary sulfonamides is 1. The molecule has 0 atom stereocenters. The van der Waals surface area contributed by atoms with Crippen molar-refractivity contribution in [3.05, 3.63) is 52.8 Å². The second kappa shape index (κ2) is 7.06. The van der Waals surface area contributed by atoms with Crippen LogP contribution in [0, 0.1) is 0 Å². The van der Waals surface area contributed by atoms with Gasteiger partial charge in [0.05, 0.1) is 16.8 Å². The van der Waals surface area contributed by atoms with Crippen LogP contribution in [0.3, 0.4) is 0 Å². The molecule has 0 unspecified atom stereocenters. The van der Waals surface area contributed by atoms with Crippen LogP contribution in [-0.2, 0) is 34.8 Å². The van der Waals surface area contributed by atoms with Gasteiger partial charge in [0.2, 0.25) is 10.0 Å². The van der Waals surface area contributed by atoms with E-state index in [2.05, 4.69) is 17.3 Å². The van der Waals surface area contributed by atoms with Crippen molar-refractivity contribution in [3.63, 3.8) is 0 Å². The first kappa shape index (κ1) is 19.5. The minimum atomic E-state index is -3.68. The van der Waals surface area contributed by atoms with Gasteiger partial charge in [-0.1, -0.05) is 31.9 Å². The Hall–Kier alpha value is -2.45. The largest absolute Gasteiger partial charge is 0.366 e. The molecule has 0 amide bonds. The van der Waals surface area contributed by atoms with Crippen LogP contribution < -0.4 is 10.5 Å². The Bertz CT molecular complexity index is 1210. The maximum Gasteiger partial charge on any atom is 0.238 e. The van der Waals surface area contributed by atoms with Crippen molar-refractivity contribution < 1.29 is 8.42 Å². The summed E-state index contributed by atoms with van der Waals surface area (Å²) in [6.45, 7) is 2.71. The van der Waals surface area contributed by atoms with Crippen molar-refractivity contribution in [1.29, 1.82) is 0 Å². The van der Waals surface area contributed by atoms with Gasteiger partial charge in [-0.3, -0.25) is 0 Å². The van der Waals surface area contributed by atoms with E-state index in [4.69, 9.17) is 10.1 Å². The number of nitrogens with two attached hydrogens (primary N) is 1. The van der Waals surface area contributed by atoms with E-state index in [1.54, 1.807) is 24.3 Å². The molecule has 5 rings (SSSR count). The summed E-state index contributed by atoms with van der Waals surface area (Å²) >= 11 is 0. The first-order chi connectivity index (χ1) is 14.4. The number of rotatable bonds is 5. The van der Waals surface area contributed by atoms with Crippen LogP contribution in [0.2, 0.25) is 0 Å². The van der Waals surface area contributed by atoms with E-state index in [0.29, 0.717) is 6.54 Å². The van der Waals surface area contributed by atoms with Crippen molar-refractivity contribution in [3.8, 4) is 0 Å². The van der Waals surface area contributed by atoms with Gasteiger partial charge in [0.25, 0.3) is 0 Å². The summed E-state index contributed by atoms with van der Waals surface area (Å²) in [5, 5.41) is 13.4. The number of fused-ring (bicyclic) bond motifs is 3. The second-order valence-electron chi connectivity index (χ2n) is 8.58. The minimum Gasteiger partial charge on any atom is -0.366 e. The van der Waals surface area contributed by atoms with Crippen LogP contribution in [0.15, 0.2) is 35.4 Å². The van der Waals surface area contributed by atoms with Gasteiger partial charge in [0, 0.05) is 23.1 Å². The van der Waals surface area contributed by atoms with Gasteiger partial charge in [-0.05, 0) is 49.8 Å². The highest BCUT2D eigenvalue weighted by molar-refractivity contribution is 7.89. The topological polar surface area (TPSA) is 102 Å². The van der Waals surface area contributed by atoms with Crippen molar-refractivity contribution in [2.24, 2.45) is 5.14 Å². The van der Waals surface area contributed by atoms with Crippen LogP contribution in [0.1, 0.15) is 61.4 Å². The Morgan fingerprint density at radius 2 is 1.90 bits per heavy atom. The van der Waals surface area contributed by atoms with Crippen LogP contribution in [0.4, 0.5) is 5.82 Å². The predicted octanol–water partition coefficient (Wildman–Crippen LogP) is 3.31. The molecule has 0 radical (unpaired) electrons. The second-order valence-corrected chi connectivity index (χ2v) is 10.1. The van der Waals surface area contributed by atoms with E-state index < -0.39 is 10.0 Å². The molecule has 0 aliphatic heterocycles. The maximum atomic E-state index is 11.5. The molecule has 3 aromatic rings. The molecule has 8 heteroatoms. The first-order valence-corrected chi connectivity index (χ1v) is 12.2. The maximum absolute atomic E-state index is 11.5. The molecule has 2 aliphatic rings. The predicted molar refractivity (Wildman–Crippen MR) is 116 cm³/mol. The van der Waals surface area contributed by atoms with E-state index in [1.165, 1.54) is 48.9 Å². The molecule has 1 aromatic carbocycles. The van der Waals surface area contributed by atoms with Gasteiger partial charge in [0.1, 0.15) is 5.82 Å². The lowest BCUT2D eigenvalue weighted by Gasteiger charge is -2.24. The Morgan fingerprint density at radius 3 is 2.57 bits per heavy atom. The number of nitrogens with zero attached hydrogens (tertiary/aromatic N) is 3. The normalized spacial score (nSPS) is 17.7. The molecular formula is C22H27N5O2S. The van der Waals surface area contributed by atoms with Crippen LogP contribution >= 0.6 is 0 Å². The summed E-state index contributed by atoms with van der Waals surface area (Å²) in [6, 6.07) is 6.69. The van der Waals surface area contributed by atoms with Crippen molar-refractivity contribution >= 4 is 21.5 Å². The number of benzene rings is 1. The highest BCUT2D eigenvalue weighted by Crippen LogP contribution is 2.51. The summed E-state index contributed by atoms with van der Waals surface area (Å²) in [7, 11) is -3.68. The molecule has 0 bridgehead atoms. The fraction of sp³-hybridized carbons (Fsp3) is 0.455. The van der Waals surface area contributed by atoms with Crippen molar-refractivity contribution in [2.75, 3.05) is 5.32 Å². The van der Waals surface area contributed by atoms with E-state index in [0.717, 1.165) is 29.9 Å². The van der Waals surface area contributed by atoms with Gasteiger partial charge in [-0.15, -0.1) is 0 Å². The van der Waals surface area contributed by atoms with E-state index >= 15 is 0 Å². The summed E-state index contributed by atoms with van der Waals surface area (Å²) in [6.07, 6.45) is 10.0. The van der Waals surface area contributed by atoms with E-state index in [9.17, 15) is 8.42 Å². The highest BCUT2D eigenvalue weighted by Gasteiger charge is 2.44. The highest BCUT2D eigenvalue weighted by atomic mass is 32.2. The third-order valence-corrected chi connectivity index (χ3v) is 7.76. The third kappa shape index (κ3) is 3.09. The van der Waals surface area contributed by atoms with Crippen LogP contribution in [0.25, 0.3) is 5.65 Å². The monoisotopic (exact) mass is 425 g/mol. The summed E-state index contributed by atoms with van der Waals surface area (Å²) < 4.78 is 24.9. The molecule has 7 nitrogen and oxygen atoms in total. The molecule has 30 heavy (non-hydrogen) atoms. The summed E-state index contributed by atoms with van der Waals surface area (Å²) in [5.41, 5.74) is 5.90. The fourth-order valence-corrected chi connectivity index (χ4v) is 5.70. The standard InChI is InChI=1S/C22H27N5O2S/c1-2-16-14-25-27-20(16)26-19-18(9-12-22(19)10-3-4-11-22)21(27)24-13-15-5-7-17(8-6-15)30(23,28)29/h5-8,14,24H,2-4,9-13H2,1H3,(H2,23,28,29). The molecule has 1 fully saturated rings. The lowest BCUT2D eigenvalue weighted by Crippen LogP contribution is -2.20. The quantitative estimate of drug-likeness (QED) is 0.653. The number of anilines is 1. The van der Waals surface area contributed by atoms with Gasteiger partial charge in [0.15, 0.2) is 5.65 Å². The number of aryl methyl sites for hydroxylation is 1. The molecule has 0 saturated heterocycles. The smallest absolute Gasteiger partial charge is 0.238 e. The van der Waals surface area contributed by atoms with E-state index in [-0.39, 0.29) is 10.3 Å². The number of nitrogens with one attached hydrogen (secondary N) is 1. The molecule has 1 spiro atoms. The zero-order valence-electron chi connectivity index (χ0n) is 17.2. The van der Waals surface area contributed by atoms with Crippen molar-refractivity contribution in [2.45, 2.75) is 68.7 Å². The van der Waals surface area contributed by atoms with Crippen LogP contribution in [-0.4, -0.2) is 23.0 Å². The summed E-state index contributed by atoms with van der Waals surface area (Å²) in [5.74, 6) is 1.02. The molecule has 2 aliphatic carbocycles. The number of hydrogen-bond acceptors (Lipinski definition) is 5. The minimum absolute atomic E-state index is 0.126. The third-order valence-electron chi connectivity index (χ3n) is 6.83. The Morgan fingerprint density at radius 1 is 1.17 bits per heavy atom. The molecule has 2 aromatic heterocycles. The van der Waals surface area contributed by atoms with Gasteiger partial charge in [-0.25, -0.2) is 18.5 Å². The lowest BCUT2D eigenvalue weighted by atomic mass is 9.83. The van der Waals surface area contributed by atoms with Gasteiger partial charge < -0.3 is 5.32 Å². The average molecular weight is 426 g/mol. The van der Waals surface area contributed by atoms with Gasteiger partial charge >= 0.3 is 0 Å². The van der Waals surface area contributed by atoms with E-state index in [1.807, 2.05) is 10.7 Å². The molecule has 3 N–H and O–H groups in total. The Labute approximate surface area is 176 Å². The SMILES string of the molecule is CCc1cnn2c(NCc3ccc(S(N)(=O)=O)cc3)c3c(nc12)C1(CCCC1)CC3. The van der Waals surface area contributed by atoms with Crippen molar-refractivity contribution in [1.82, 2.24) is 14.6 Å². The fourth-order valence-electron chi connectivity index (χ4n) is 5.18. The first-order valence-electron chi connectivity index (χ1n) is 10.7. The Kier molecular flexibility index (Phi) is 4.59. The lowest BCUT2D eigenvalue weighted by molar-refractivity contribution is 0.429. The molecule has 158 valence electrons. The number of hydrogen-bond donors (Lipinski definition) is 2. The Balaban J connectivity index is 1.53. The molecule has 2 heterocycles. The van der Waals surface area contributed by atoms with Crippen LogP contribution in [0.5, 0.6) is 0 Å². The average Bonchev–Trinajstić information content (AvgIpc) is 3.45. The molecular weight excluding hydrogens is 398 g/mol. The molecule has 1 saturated carbocycles. The number of sulfonamides is 1.